The van der Waals surface area contributed by atoms with Gasteiger partial charge in [0.1, 0.15) is 16.2 Å². The molecular formula is C44H26N4OS. The highest BCUT2D eigenvalue weighted by atomic mass is 32.1. The molecule has 0 saturated carbocycles. The largest absolute Gasteiger partial charge is 0.456 e. The smallest absolute Gasteiger partial charge is 0.164 e. The molecule has 234 valence electrons. The van der Waals surface area contributed by atoms with Crippen molar-refractivity contribution in [3.05, 3.63) is 158 Å². The van der Waals surface area contributed by atoms with Gasteiger partial charge in [-0.15, -0.1) is 11.3 Å². The second-order valence-electron chi connectivity index (χ2n) is 12.3. The Bertz CT molecular complexity index is 2860. The van der Waals surface area contributed by atoms with Crippen LogP contribution in [-0.2, 0) is 0 Å². The molecule has 7 aromatic carbocycles. The molecule has 0 atom stereocenters. The van der Waals surface area contributed by atoms with Gasteiger partial charge in [0.25, 0.3) is 0 Å². The molecule has 5 nitrogen and oxygen atoms in total. The molecule has 0 aliphatic heterocycles. The summed E-state index contributed by atoms with van der Waals surface area (Å²) >= 11 is 1.69. The fourth-order valence-corrected chi connectivity index (χ4v) is 7.66. The number of hydrogen-bond acceptors (Lipinski definition) is 6. The van der Waals surface area contributed by atoms with Crippen LogP contribution in [0.15, 0.2) is 162 Å². The van der Waals surface area contributed by atoms with Gasteiger partial charge in [0.15, 0.2) is 17.5 Å². The zero-order chi connectivity index (χ0) is 33.0. The number of benzene rings is 7. The van der Waals surface area contributed by atoms with E-state index in [4.69, 9.17) is 24.4 Å². The predicted octanol–water partition coefficient (Wildman–Crippen LogP) is 11.9. The van der Waals surface area contributed by atoms with Gasteiger partial charge in [-0.2, -0.15) is 0 Å². The van der Waals surface area contributed by atoms with Gasteiger partial charge in [-0.3, -0.25) is 0 Å². The first-order chi connectivity index (χ1) is 24.7. The zero-order valence-electron chi connectivity index (χ0n) is 26.6. The minimum atomic E-state index is 0.596. The van der Waals surface area contributed by atoms with Gasteiger partial charge in [0.2, 0.25) is 0 Å². The number of fused-ring (bicyclic) bond motifs is 5. The van der Waals surface area contributed by atoms with Crippen molar-refractivity contribution >= 4 is 54.3 Å². The third kappa shape index (κ3) is 4.93. The molecule has 0 N–H and O–H groups in total. The fourth-order valence-electron chi connectivity index (χ4n) is 6.66. The Hall–Kier alpha value is -6.50. The van der Waals surface area contributed by atoms with Crippen LogP contribution < -0.4 is 0 Å². The van der Waals surface area contributed by atoms with Crippen LogP contribution in [0, 0.1) is 0 Å². The first-order valence-electron chi connectivity index (χ1n) is 16.5. The lowest BCUT2D eigenvalue weighted by atomic mass is 10.0. The Morgan fingerprint density at radius 3 is 1.86 bits per heavy atom. The van der Waals surface area contributed by atoms with Crippen LogP contribution in [0.5, 0.6) is 0 Å². The van der Waals surface area contributed by atoms with Crippen molar-refractivity contribution in [2.45, 2.75) is 0 Å². The molecule has 3 heterocycles. The van der Waals surface area contributed by atoms with Gasteiger partial charge in [0, 0.05) is 39.1 Å². The van der Waals surface area contributed by atoms with Crippen LogP contribution in [0.25, 0.3) is 98.8 Å². The normalized spacial score (nSPS) is 11.6. The summed E-state index contributed by atoms with van der Waals surface area (Å²) in [5.41, 5.74) is 8.70. The molecule has 0 aliphatic carbocycles. The van der Waals surface area contributed by atoms with E-state index >= 15 is 0 Å². The van der Waals surface area contributed by atoms with Crippen molar-refractivity contribution in [2.24, 2.45) is 0 Å². The number of furan rings is 1. The fraction of sp³-hybridized carbons (Fsp3) is 0. The van der Waals surface area contributed by atoms with E-state index in [1.54, 1.807) is 11.3 Å². The highest BCUT2D eigenvalue weighted by Gasteiger charge is 2.19. The van der Waals surface area contributed by atoms with E-state index in [1.165, 1.54) is 16.5 Å². The van der Waals surface area contributed by atoms with Crippen LogP contribution in [-0.4, -0.2) is 19.9 Å². The minimum absolute atomic E-state index is 0.596. The van der Waals surface area contributed by atoms with Gasteiger partial charge < -0.3 is 4.42 Å². The maximum atomic E-state index is 6.47. The van der Waals surface area contributed by atoms with E-state index in [0.29, 0.717) is 17.5 Å². The molecule has 0 fully saturated rings. The lowest BCUT2D eigenvalue weighted by molar-refractivity contribution is 0.669. The van der Waals surface area contributed by atoms with E-state index in [-0.39, 0.29) is 0 Å². The topological polar surface area (TPSA) is 64.7 Å². The Morgan fingerprint density at radius 1 is 0.420 bits per heavy atom. The van der Waals surface area contributed by atoms with Gasteiger partial charge in [0.05, 0.1) is 10.2 Å². The first kappa shape index (κ1) is 28.5. The average molecular weight is 659 g/mol. The second-order valence-corrected chi connectivity index (χ2v) is 13.3. The monoisotopic (exact) mass is 658 g/mol. The van der Waals surface area contributed by atoms with Crippen LogP contribution in [0.4, 0.5) is 0 Å². The summed E-state index contributed by atoms with van der Waals surface area (Å²) in [6.45, 7) is 0. The SMILES string of the molecule is c1ccc(-c2ccc(-c3nc4cc5oc6cccc(-c7nc(-c8ccccc8)nc(-c8ccc9ccccc9c8)n7)c6c5cc4s3)cc2)cc1. The van der Waals surface area contributed by atoms with Crippen molar-refractivity contribution in [3.63, 3.8) is 0 Å². The summed E-state index contributed by atoms with van der Waals surface area (Å²) in [4.78, 5) is 20.2. The molecule has 0 bridgehead atoms. The number of aromatic nitrogens is 4. The van der Waals surface area contributed by atoms with Crippen molar-refractivity contribution in [2.75, 3.05) is 0 Å². The Kier molecular flexibility index (Phi) is 6.60. The summed E-state index contributed by atoms with van der Waals surface area (Å²) in [5, 5.41) is 5.26. The molecule has 0 unspecified atom stereocenters. The molecule has 0 spiro atoms. The summed E-state index contributed by atoms with van der Waals surface area (Å²) in [5.74, 6) is 1.84. The molecule has 0 amide bonds. The molecule has 0 aliphatic rings. The Morgan fingerprint density at radius 2 is 1.06 bits per heavy atom. The molecule has 3 aromatic heterocycles. The van der Waals surface area contributed by atoms with Crippen LogP contribution in [0.2, 0.25) is 0 Å². The maximum Gasteiger partial charge on any atom is 0.164 e. The quantitative estimate of drug-likeness (QED) is 0.184. The van der Waals surface area contributed by atoms with Crippen molar-refractivity contribution < 1.29 is 4.42 Å². The minimum Gasteiger partial charge on any atom is -0.456 e. The van der Waals surface area contributed by atoms with E-state index in [1.807, 2.05) is 48.5 Å². The zero-order valence-corrected chi connectivity index (χ0v) is 27.4. The van der Waals surface area contributed by atoms with E-state index in [9.17, 15) is 0 Å². The van der Waals surface area contributed by atoms with Crippen LogP contribution in [0.1, 0.15) is 0 Å². The van der Waals surface area contributed by atoms with Gasteiger partial charge in [-0.1, -0.05) is 133 Å². The lowest BCUT2D eigenvalue weighted by Gasteiger charge is -2.10. The lowest BCUT2D eigenvalue weighted by Crippen LogP contribution is -2.00. The predicted molar refractivity (Wildman–Crippen MR) is 205 cm³/mol. The third-order valence-electron chi connectivity index (χ3n) is 9.16. The van der Waals surface area contributed by atoms with Crippen molar-refractivity contribution in [1.29, 1.82) is 0 Å². The number of thiazole rings is 1. The maximum absolute atomic E-state index is 6.47. The van der Waals surface area contributed by atoms with Crippen molar-refractivity contribution in [1.82, 2.24) is 19.9 Å². The van der Waals surface area contributed by atoms with E-state index in [2.05, 4.69) is 109 Å². The Balaban J connectivity index is 1.12. The van der Waals surface area contributed by atoms with Crippen molar-refractivity contribution in [3.8, 4) is 55.9 Å². The molecule has 50 heavy (non-hydrogen) atoms. The van der Waals surface area contributed by atoms with Gasteiger partial charge >= 0.3 is 0 Å². The molecular weight excluding hydrogens is 633 g/mol. The third-order valence-corrected chi connectivity index (χ3v) is 10.2. The first-order valence-corrected chi connectivity index (χ1v) is 17.3. The second kappa shape index (κ2) is 11.6. The summed E-state index contributed by atoms with van der Waals surface area (Å²) in [6, 6.07) is 54.1. The molecule has 10 aromatic rings. The van der Waals surface area contributed by atoms with Gasteiger partial charge in [-0.05, 0) is 40.1 Å². The standard InChI is InChI=1S/C44H26N4OS/c1-3-10-27(11-4-1)29-18-21-31(22-19-29)44-45-36-26-38-35(25-39(36)50-44)40-34(16-9-17-37(40)49-38)43-47-41(30-13-5-2-6-14-30)46-42(48-43)33-23-20-28-12-7-8-15-32(28)24-33/h1-26H. The summed E-state index contributed by atoms with van der Waals surface area (Å²) in [7, 11) is 0. The number of nitrogens with zero attached hydrogens (tertiary/aromatic N) is 4. The number of hydrogen-bond donors (Lipinski definition) is 0. The van der Waals surface area contributed by atoms with Crippen LogP contribution >= 0.6 is 11.3 Å². The summed E-state index contributed by atoms with van der Waals surface area (Å²) in [6.07, 6.45) is 0. The highest BCUT2D eigenvalue weighted by molar-refractivity contribution is 7.21. The molecule has 6 heteroatoms. The number of rotatable bonds is 5. The Labute approximate surface area is 291 Å². The van der Waals surface area contributed by atoms with Crippen LogP contribution in [0.3, 0.4) is 0 Å². The molecule has 10 rings (SSSR count). The van der Waals surface area contributed by atoms with E-state index in [0.717, 1.165) is 64.8 Å². The van der Waals surface area contributed by atoms with E-state index < -0.39 is 0 Å². The highest BCUT2D eigenvalue weighted by Crippen LogP contribution is 2.40. The summed E-state index contributed by atoms with van der Waals surface area (Å²) < 4.78 is 7.57. The molecule has 0 saturated heterocycles. The van der Waals surface area contributed by atoms with Gasteiger partial charge in [-0.25, -0.2) is 19.9 Å². The average Bonchev–Trinajstić information content (AvgIpc) is 3.78. The molecule has 0 radical (unpaired) electrons.